The van der Waals surface area contributed by atoms with Crippen molar-refractivity contribution in [1.29, 1.82) is 5.26 Å². The Labute approximate surface area is 69.2 Å². The summed E-state index contributed by atoms with van der Waals surface area (Å²) < 4.78 is 17.8. The summed E-state index contributed by atoms with van der Waals surface area (Å²) in [7, 11) is 0. The van der Waals surface area contributed by atoms with Crippen molar-refractivity contribution in [1.82, 2.24) is 0 Å². The van der Waals surface area contributed by atoms with E-state index in [1.807, 2.05) is 0 Å². The van der Waals surface area contributed by atoms with Crippen LogP contribution in [0.4, 0.5) is 4.39 Å². The maximum atomic E-state index is 12.8. The maximum absolute atomic E-state index is 12.8. The molecule has 1 aromatic carbocycles. The molecule has 12 heavy (non-hydrogen) atoms. The number of benzene rings is 1. The van der Waals surface area contributed by atoms with Crippen LogP contribution in [-0.2, 0) is 4.74 Å². The van der Waals surface area contributed by atoms with Gasteiger partial charge in [0.25, 0.3) is 0 Å². The van der Waals surface area contributed by atoms with Crippen LogP contribution in [0.15, 0.2) is 18.2 Å². The quantitative estimate of drug-likeness (QED) is 0.591. The number of hydrogen-bond donors (Lipinski definition) is 0. The van der Waals surface area contributed by atoms with Crippen LogP contribution in [0.1, 0.15) is 17.2 Å². The molecule has 1 heterocycles. The molecule has 2 nitrogen and oxygen atoms in total. The Hall–Kier alpha value is -1.40. The van der Waals surface area contributed by atoms with Gasteiger partial charge < -0.3 is 4.74 Å². The van der Waals surface area contributed by atoms with E-state index in [9.17, 15) is 4.39 Å². The molecule has 1 aromatic rings. The van der Waals surface area contributed by atoms with Crippen LogP contribution in [-0.4, -0.2) is 6.61 Å². The molecule has 1 aliphatic heterocycles. The molecule has 2 rings (SSSR count). The number of nitrogens with zero attached hydrogens (tertiary/aromatic N) is 1. The first-order valence-electron chi connectivity index (χ1n) is 3.62. The molecular weight excluding hydrogens is 157 g/mol. The topological polar surface area (TPSA) is 36.3 Å². The Morgan fingerprint density at radius 1 is 1.58 bits per heavy atom. The van der Waals surface area contributed by atoms with Gasteiger partial charge in [0.05, 0.1) is 12.2 Å². The summed E-state index contributed by atoms with van der Waals surface area (Å²) in [5.74, 6) is -0.470. The van der Waals surface area contributed by atoms with E-state index in [0.29, 0.717) is 6.61 Å². The van der Waals surface area contributed by atoms with E-state index in [0.717, 1.165) is 5.56 Å². The molecule has 0 N–H and O–H groups in total. The third kappa shape index (κ3) is 1.17. The summed E-state index contributed by atoms with van der Waals surface area (Å²) in [5.41, 5.74) is 0.968. The molecular formula is C9H6FNO. The van der Waals surface area contributed by atoms with Crippen molar-refractivity contribution in [2.75, 3.05) is 6.61 Å². The number of ether oxygens (including phenoxy) is 1. The average Bonchev–Trinajstić information content (AvgIpc) is 2.88. The van der Waals surface area contributed by atoms with Gasteiger partial charge in [0.1, 0.15) is 18.0 Å². The van der Waals surface area contributed by atoms with Crippen molar-refractivity contribution in [3.05, 3.63) is 35.1 Å². The highest BCUT2D eigenvalue weighted by atomic mass is 19.1. The Morgan fingerprint density at radius 2 is 2.33 bits per heavy atom. The van der Waals surface area contributed by atoms with E-state index in [1.54, 1.807) is 12.1 Å². The third-order valence-electron chi connectivity index (χ3n) is 1.82. The number of hydrogen-bond acceptors (Lipinski definition) is 2. The molecule has 0 saturated carbocycles. The van der Waals surface area contributed by atoms with Crippen LogP contribution in [0.25, 0.3) is 0 Å². The van der Waals surface area contributed by atoms with Crippen molar-refractivity contribution in [2.45, 2.75) is 6.10 Å². The lowest BCUT2D eigenvalue weighted by Crippen LogP contribution is -1.87. The van der Waals surface area contributed by atoms with Crippen molar-refractivity contribution in [2.24, 2.45) is 0 Å². The second-order valence-corrected chi connectivity index (χ2v) is 2.67. The van der Waals surface area contributed by atoms with E-state index in [4.69, 9.17) is 10.00 Å². The van der Waals surface area contributed by atoms with E-state index < -0.39 is 5.82 Å². The summed E-state index contributed by atoms with van der Waals surface area (Å²) in [5, 5.41) is 8.51. The summed E-state index contributed by atoms with van der Waals surface area (Å²) in [6, 6.07) is 6.27. The largest absolute Gasteiger partial charge is 0.368 e. The van der Waals surface area contributed by atoms with Gasteiger partial charge in [-0.2, -0.15) is 5.26 Å². The van der Waals surface area contributed by atoms with Gasteiger partial charge in [0.15, 0.2) is 0 Å². The number of epoxide rings is 1. The Balaban J connectivity index is 2.42. The van der Waals surface area contributed by atoms with Gasteiger partial charge in [-0.1, -0.05) is 6.07 Å². The monoisotopic (exact) mass is 163 g/mol. The molecule has 0 aliphatic carbocycles. The van der Waals surface area contributed by atoms with E-state index in [1.165, 1.54) is 12.1 Å². The predicted octanol–water partition coefficient (Wildman–Crippen LogP) is 1.77. The normalized spacial score (nSPS) is 20.2. The van der Waals surface area contributed by atoms with Crippen molar-refractivity contribution in [3.8, 4) is 6.07 Å². The van der Waals surface area contributed by atoms with Crippen LogP contribution in [0, 0.1) is 17.1 Å². The molecule has 1 fully saturated rings. The fourth-order valence-corrected chi connectivity index (χ4v) is 1.07. The minimum absolute atomic E-state index is 0.0812. The zero-order valence-electron chi connectivity index (χ0n) is 6.25. The Bertz CT molecular complexity index is 352. The van der Waals surface area contributed by atoms with Gasteiger partial charge in [-0.15, -0.1) is 0 Å². The first-order valence-corrected chi connectivity index (χ1v) is 3.62. The predicted molar refractivity (Wildman–Crippen MR) is 39.8 cm³/mol. The van der Waals surface area contributed by atoms with Gasteiger partial charge >= 0.3 is 0 Å². The lowest BCUT2D eigenvalue weighted by Gasteiger charge is -1.96. The summed E-state index contributed by atoms with van der Waals surface area (Å²) in [6.07, 6.45) is 0.0812. The maximum Gasteiger partial charge on any atom is 0.140 e. The molecule has 0 bridgehead atoms. The lowest BCUT2D eigenvalue weighted by molar-refractivity contribution is 0.415. The molecule has 0 aromatic heterocycles. The highest BCUT2D eigenvalue weighted by Gasteiger charge is 2.25. The van der Waals surface area contributed by atoms with Crippen molar-refractivity contribution >= 4 is 0 Å². The highest BCUT2D eigenvalue weighted by Crippen LogP contribution is 2.30. The molecule has 0 radical (unpaired) electrons. The number of halogens is 1. The molecule has 1 saturated heterocycles. The van der Waals surface area contributed by atoms with E-state index >= 15 is 0 Å². The van der Waals surface area contributed by atoms with E-state index in [-0.39, 0.29) is 11.7 Å². The zero-order chi connectivity index (χ0) is 8.55. The first kappa shape index (κ1) is 7.26. The Kier molecular flexibility index (Phi) is 1.56. The fraction of sp³-hybridized carbons (Fsp3) is 0.222. The van der Waals surface area contributed by atoms with Crippen LogP contribution in [0.2, 0.25) is 0 Å². The second kappa shape index (κ2) is 2.58. The van der Waals surface area contributed by atoms with Crippen LogP contribution in [0.5, 0.6) is 0 Å². The highest BCUT2D eigenvalue weighted by molar-refractivity contribution is 5.36. The molecule has 1 aliphatic rings. The summed E-state index contributed by atoms with van der Waals surface area (Å²) in [4.78, 5) is 0. The molecule has 0 spiro atoms. The van der Waals surface area contributed by atoms with Gasteiger partial charge in [-0.25, -0.2) is 4.39 Å². The third-order valence-corrected chi connectivity index (χ3v) is 1.82. The minimum Gasteiger partial charge on any atom is -0.368 e. The van der Waals surface area contributed by atoms with Gasteiger partial charge in [0.2, 0.25) is 0 Å². The van der Waals surface area contributed by atoms with Crippen LogP contribution >= 0.6 is 0 Å². The van der Waals surface area contributed by atoms with Gasteiger partial charge in [-0.3, -0.25) is 0 Å². The molecule has 3 heteroatoms. The average molecular weight is 163 g/mol. The SMILES string of the molecule is N#Cc1cc([C@@H]2CO2)ccc1F. The molecule has 60 valence electrons. The zero-order valence-corrected chi connectivity index (χ0v) is 6.25. The Morgan fingerprint density at radius 3 is 2.92 bits per heavy atom. The standard InChI is InChI=1S/C9H6FNO/c10-8-2-1-6(9-5-12-9)3-7(8)4-11/h1-3,9H,5H2/t9-/m0/s1. The number of rotatable bonds is 1. The summed E-state index contributed by atoms with van der Waals surface area (Å²) in [6.45, 7) is 0.677. The van der Waals surface area contributed by atoms with Gasteiger partial charge in [0, 0.05) is 0 Å². The molecule has 1 atom stereocenters. The van der Waals surface area contributed by atoms with Gasteiger partial charge in [-0.05, 0) is 17.7 Å². The lowest BCUT2D eigenvalue weighted by atomic mass is 10.1. The fourth-order valence-electron chi connectivity index (χ4n) is 1.07. The summed E-state index contributed by atoms with van der Waals surface area (Å²) >= 11 is 0. The van der Waals surface area contributed by atoms with Crippen LogP contribution in [0.3, 0.4) is 0 Å². The number of nitriles is 1. The smallest absolute Gasteiger partial charge is 0.140 e. The second-order valence-electron chi connectivity index (χ2n) is 2.67. The molecule has 0 unspecified atom stereocenters. The van der Waals surface area contributed by atoms with E-state index in [2.05, 4.69) is 0 Å². The first-order chi connectivity index (χ1) is 5.81. The van der Waals surface area contributed by atoms with Crippen molar-refractivity contribution in [3.63, 3.8) is 0 Å². The molecule has 0 amide bonds. The van der Waals surface area contributed by atoms with Crippen LogP contribution < -0.4 is 0 Å². The minimum atomic E-state index is -0.470. The van der Waals surface area contributed by atoms with Crippen molar-refractivity contribution < 1.29 is 9.13 Å².